The fourth-order valence-electron chi connectivity index (χ4n) is 2.71. The number of amides is 2. The van der Waals surface area contributed by atoms with Gasteiger partial charge in [-0.2, -0.15) is 0 Å². The Labute approximate surface area is 158 Å². The molecule has 0 bridgehead atoms. The molecule has 2 N–H and O–H groups in total. The van der Waals surface area contributed by atoms with Gasteiger partial charge in [-0.3, -0.25) is 0 Å². The van der Waals surface area contributed by atoms with Gasteiger partial charge in [-0.25, -0.2) is 13.2 Å². The van der Waals surface area contributed by atoms with E-state index in [1.807, 2.05) is 25.1 Å². The van der Waals surface area contributed by atoms with Gasteiger partial charge in [0.2, 0.25) is 0 Å². The summed E-state index contributed by atoms with van der Waals surface area (Å²) in [5.74, 6) is 1.39. The van der Waals surface area contributed by atoms with Crippen molar-refractivity contribution in [1.29, 1.82) is 0 Å². The fourth-order valence-corrected chi connectivity index (χ4v) is 3.35. The van der Waals surface area contributed by atoms with E-state index in [2.05, 4.69) is 10.6 Å². The lowest BCUT2D eigenvalue weighted by molar-refractivity contribution is 0.171. The highest BCUT2D eigenvalue weighted by Gasteiger charge is 2.14. The highest BCUT2D eigenvalue weighted by atomic mass is 32.2. The Morgan fingerprint density at radius 2 is 1.74 bits per heavy atom. The predicted molar refractivity (Wildman–Crippen MR) is 101 cm³/mol. The van der Waals surface area contributed by atoms with E-state index in [9.17, 15) is 13.2 Å². The Balaban J connectivity index is 1.54. The summed E-state index contributed by atoms with van der Waals surface area (Å²) in [7, 11) is -3.23. The molecule has 2 amide bonds. The standard InChI is InChI=1S/C19H22N2O5S/c1-13(15-4-6-16(7-5-15)27(2,23)24)21-19(22)20-12-14-3-8-17-18(11-14)26-10-9-25-17/h3-8,11,13H,9-10,12H2,1-2H3,(H2,20,21,22)/t13-/m1/s1. The van der Waals surface area contributed by atoms with Crippen molar-refractivity contribution in [1.82, 2.24) is 10.6 Å². The van der Waals surface area contributed by atoms with Crippen LogP contribution >= 0.6 is 0 Å². The molecule has 0 aromatic heterocycles. The van der Waals surface area contributed by atoms with Crippen molar-refractivity contribution in [3.63, 3.8) is 0 Å². The number of fused-ring (bicyclic) bond motifs is 1. The van der Waals surface area contributed by atoms with Crippen molar-refractivity contribution in [3.8, 4) is 11.5 Å². The van der Waals surface area contributed by atoms with Crippen molar-refractivity contribution in [2.75, 3.05) is 19.5 Å². The summed E-state index contributed by atoms with van der Waals surface area (Å²) in [4.78, 5) is 12.4. The molecule has 1 aliphatic rings. The van der Waals surface area contributed by atoms with Gasteiger partial charge < -0.3 is 20.1 Å². The number of hydrogen-bond donors (Lipinski definition) is 2. The molecule has 0 saturated carbocycles. The molecule has 144 valence electrons. The third-order valence-electron chi connectivity index (χ3n) is 4.22. The summed E-state index contributed by atoms with van der Waals surface area (Å²) in [6, 6.07) is 11.4. The largest absolute Gasteiger partial charge is 0.486 e. The Morgan fingerprint density at radius 1 is 1.07 bits per heavy atom. The summed E-state index contributed by atoms with van der Waals surface area (Å²) in [5, 5.41) is 5.63. The fraction of sp³-hybridized carbons (Fsp3) is 0.316. The zero-order valence-corrected chi connectivity index (χ0v) is 16.0. The molecule has 2 aromatic rings. The number of hydrogen-bond acceptors (Lipinski definition) is 5. The van der Waals surface area contributed by atoms with Gasteiger partial charge in [0.1, 0.15) is 13.2 Å². The van der Waals surface area contributed by atoms with Crippen LogP contribution < -0.4 is 20.1 Å². The number of nitrogens with one attached hydrogen (secondary N) is 2. The molecule has 0 saturated heterocycles. The topological polar surface area (TPSA) is 93.7 Å². The lowest BCUT2D eigenvalue weighted by Gasteiger charge is -2.19. The number of sulfone groups is 1. The van der Waals surface area contributed by atoms with E-state index < -0.39 is 9.84 Å². The second kappa shape index (κ2) is 7.87. The average molecular weight is 390 g/mol. The van der Waals surface area contributed by atoms with Gasteiger partial charge in [-0.05, 0) is 42.3 Å². The summed E-state index contributed by atoms with van der Waals surface area (Å²) in [6.07, 6.45) is 1.16. The molecule has 0 radical (unpaired) electrons. The minimum atomic E-state index is -3.23. The smallest absolute Gasteiger partial charge is 0.315 e. The molecule has 27 heavy (non-hydrogen) atoms. The molecule has 0 aliphatic carbocycles. The predicted octanol–water partition coefficient (Wildman–Crippen LogP) is 2.42. The molecule has 2 aromatic carbocycles. The van der Waals surface area contributed by atoms with Gasteiger partial charge in [0, 0.05) is 12.8 Å². The third-order valence-corrected chi connectivity index (χ3v) is 5.34. The molecule has 0 spiro atoms. The first-order valence-electron chi connectivity index (χ1n) is 8.56. The van der Waals surface area contributed by atoms with E-state index in [0.717, 1.165) is 17.4 Å². The number of carbonyl (C=O) groups is 1. The summed E-state index contributed by atoms with van der Waals surface area (Å²) >= 11 is 0. The maximum atomic E-state index is 12.1. The average Bonchev–Trinajstić information content (AvgIpc) is 2.65. The van der Waals surface area contributed by atoms with Crippen molar-refractivity contribution in [2.24, 2.45) is 0 Å². The van der Waals surface area contributed by atoms with Crippen LogP contribution in [0.25, 0.3) is 0 Å². The minimum Gasteiger partial charge on any atom is -0.486 e. The highest BCUT2D eigenvalue weighted by molar-refractivity contribution is 7.90. The van der Waals surface area contributed by atoms with E-state index in [4.69, 9.17) is 9.47 Å². The quantitative estimate of drug-likeness (QED) is 0.818. The molecule has 1 aliphatic heterocycles. The van der Waals surface area contributed by atoms with Crippen molar-refractivity contribution >= 4 is 15.9 Å². The molecule has 0 unspecified atom stereocenters. The van der Waals surface area contributed by atoms with Crippen LogP contribution in [-0.4, -0.2) is 33.9 Å². The Hall–Kier alpha value is -2.74. The first kappa shape index (κ1) is 19.0. The van der Waals surface area contributed by atoms with Crippen LogP contribution in [0.1, 0.15) is 24.1 Å². The maximum absolute atomic E-state index is 12.1. The molecule has 0 fully saturated rings. The van der Waals surface area contributed by atoms with Gasteiger partial charge in [0.15, 0.2) is 21.3 Å². The number of benzene rings is 2. The van der Waals surface area contributed by atoms with Crippen LogP contribution in [-0.2, 0) is 16.4 Å². The van der Waals surface area contributed by atoms with Crippen molar-refractivity contribution in [3.05, 3.63) is 53.6 Å². The molecule has 3 rings (SSSR count). The summed E-state index contributed by atoms with van der Waals surface area (Å²) in [5.41, 5.74) is 1.72. The zero-order valence-electron chi connectivity index (χ0n) is 15.2. The number of urea groups is 1. The second-order valence-electron chi connectivity index (χ2n) is 6.37. The lowest BCUT2D eigenvalue weighted by atomic mass is 10.1. The van der Waals surface area contributed by atoms with Gasteiger partial charge >= 0.3 is 6.03 Å². The normalized spacial score (nSPS) is 14.3. The van der Waals surface area contributed by atoms with Gasteiger partial charge in [-0.15, -0.1) is 0 Å². The Morgan fingerprint density at radius 3 is 2.41 bits per heavy atom. The van der Waals surface area contributed by atoms with Crippen LogP contribution in [0.2, 0.25) is 0 Å². The van der Waals surface area contributed by atoms with Crippen LogP contribution in [0.15, 0.2) is 47.4 Å². The van der Waals surface area contributed by atoms with Crippen molar-refractivity contribution < 1.29 is 22.7 Å². The minimum absolute atomic E-state index is 0.251. The summed E-state index contributed by atoms with van der Waals surface area (Å²) in [6.45, 7) is 3.23. The van der Waals surface area contributed by atoms with E-state index in [0.29, 0.717) is 31.3 Å². The van der Waals surface area contributed by atoms with Crippen LogP contribution in [0, 0.1) is 0 Å². The third kappa shape index (κ3) is 4.91. The molecular weight excluding hydrogens is 368 g/mol. The zero-order chi connectivity index (χ0) is 19.4. The SMILES string of the molecule is C[C@@H](NC(=O)NCc1ccc2c(c1)OCCO2)c1ccc(S(C)(=O)=O)cc1. The molecule has 7 nitrogen and oxygen atoms in total. The van der Waals surface area contributed by atoms with Crippen LogP contribution in [0.3, 0.4) is 0 Å². The van der Waals surface area contributed by atoms with E-state index in [-0.39, 0.29) is 17.0 Å². The van der Waals surface area contributed by atoms with E-state index >= 15 is 0 Å². The van der Waals surface area contributed by atoms with Gasteiger partial charge in [0.05, 0.1) is 10.9 Å². The highest BCUT2D eigenvalue weighted by Crippen LogP contribution is 2.30. The lowest BCUT2D eigenvalue weighted by Crippen LogP contribution is -2.36. The van der Waals surface area contributed by atoms with Crippen molar-refractivity contribution in [2.45, 2.75) is 24.4 Å². The first-order chi connectivity index (χ1) is 12.8. The molecule has 1 atom stereocenters. The molecule has 1 heterocycles. The number of carbonyl (C=O) groups excluding carboxylic acids is 1. The maximum Gasteiger partial charge on any atom is 0.315 e. The first-order valence-corrected chi connectivity index (χ1v) is 10.4. The van der Waals surface area contributed by atoms with Gasteiger partial charge in [-0.1, -0.05) is 18.2 Å². The molecule has 8 heteroatoms. The molecular formula is C19H22N2O5S. The Kier molecular flexibility index (Phi) is 5.55. The number of rotatable bonds is 5. The van der Waals surface area contributed by atoms with Gasteiger partial charge in [0.25, 0.3) is 0 Å². The van der Waals surface area contributed by atoms with Crippen LogP contribution in [0.5, 0.6) is 11.5 Å². The van der Waals surface area contributed by atoms with E-state index in [1.165, 1.54) is 12.1 Å². The van der Waals surface area contributed by atoms with Crippen LogP contribution in [0.4, 0.5) is 4.79 Å². The second-order valence-corrected chi connectivity index (χ2v) is 8.38. The van der Waals surface area contributed by atoms with E-state index in [1.54, 1.807) is 12.1 Å². The Bertz CT molecular complexity index is 926. The number of ether oxygens (including phenoxy) is 2. The monoisotopic (exact) mass is 390 g/mol. The summed E-state index contributed by atoms with van der Waals surface area (Å²) < 4.78 is 34.0.